The van der Waals surface area contributed by atoms with Gasteiger partial charge in [0, 0.05) is 17.7 Å². The predicted molar refractivity (Wildman–Crippen MR) is 128 cm³/mol. The third-order valence-electron chi connectivity index (χ3n) is 6.54. The van der Waals surface area contributed by atoms with Crippen molar-refractivity contribution in [3.05, 3.63) is 77.4 Å². The van der Waals surface area contributed by atoms with E-state index in [9.17, 15) is 9.59 Å². The fraction of sp³-hybridized carbons (Fsp3) is 0.269. The molecule has 1 aliphatic rings. The van der Waals surface area contributed by atoms with Crippen LogP contribution in [0.15, 0.2) is 54.9 Å². The number of rotatable bonds is 5. The first kappa shape index (κ1) is 21.8. The van der Waals surface area contributed by atoms with Crippen molar-refractivity contribution in [2.45, 2.75) is 44.9 Å². The number of carboxylic acids is 1. The van der Waals surface area contributed by atoms with Gasteiger partial charge in [0.2, 0.25) is 0 Å². The summed E-state index contributed by atoms with van der Waals surface area (Å²) in [6, 6.07) is 12.2. The second-order valence-corrected chi connectivity index (χ2v) is 8.72. The number of anilines is 1. The number of aromatic carboxylic acids is 1. The van der Waals surface area contributed by atoms with Gasteiger partial charge in [-0.1, -0.05) is 43.5 Å². The third kappa shape index (κ3) is 4.14. The van der Waals surface area contributed by atoms with E-state index in [-0.39, 0.29) is 11.5 Å². The molecule has 8 heteroatoms. The minimum atomic E-state index is -0.971. The van der Waals surface area contributed by atoms with E-state index in [1.165, 1.54) is 19.3 Å². The number of nitrogens with one attached hydrogen (secondary N) is 1. The van der Waals surface area contributed by atoms with Crippen molar-refractivity contribution >= 4 is 23.3 Å². The third-order valence-corrected chi connectivity index (χ3v) is 6.54. The largest absolute Gasteiger partial charge is 0.478 e. The Kier molecular flexibility index (Phi) is 5.79. The molecular weight excluding hydrogens is 430 g/mol. The lowest BCUT2D eigenvalue weighted by molar-refractivity contribution is 0.0696. The highest BCUT2D eigenvalue weighted by Crippen LogP contribution is 2.32. The maximum Gasteiger partial charge on any atom is 0.335 e. The molecule has 0 atom stereocenters. The smallest absolute Gasteiger partial charge is 0.335 e. The molecule has 172 valence electrons. The van der Waals surface area contributed by atoms with Gasteiger partial charge in [-0.2, -0.15) is 0 Å². The van der Waals surface area contributed by atoms with Gasteiger partial charge in [0.25, 0.3) is 11.7 Å². The van der Waals surface area contributed by atoms with Gasteiger partial charge in [-0.15, -0.1) is 10.2 Å². The van der Waals surface area contributed by atoms with Gasteiger partial charge >= 0.3 is 5.97 Å². The molecule has 2 N–H and O–H groups in total. The zero-order chi connectivity index (χ0) is 23.7. The Hall–Kier alpha value is -4.07. The minimum Gasteiger partial charge on any atom is -0.478 e. The monoisotopic (exact) mass is 455 g/mol. The van der Waals surface area contributed by atoms with Crippen LogP contribution >= 0.6 is 0 Å². The number of carboxylic acid groups (broad SMARTS) is 1. The van der Waals surface area contributed by atoms with Crippen LogP contribution in [0.5, 0.6) is 0 Å². The zero-order valence-corrected chi connectivity index (χ0v) is 18.9. The van der Waals surface area contributed by atoms with E-state index in [1.807, 2.05) is 29.7 Å². The average Bonchev–Trinajstić information content (AvgIpc) is 3.28. The molecule has 34 heavy (non-hydrogen) atoms. The van der Waals surface area contributed by atoms with Crippen molar-refractivity contribution in [1.29, 1.82) is 0 Å². The second-order valence-electron chi connectivity index (χ2n) is 8.72. The molecule has 4 aromatic rings. The summed E-state index contributed by atoms with van der Waals surface area (Å²) in [5.41, 5.74) is 3.86. The molecule has 8 nitrogen and oxygen atoms in total. The predicted octanol–water partition coefficient (Wildman–Crippen LogP) is 5.10. The number of hydrogen-bond donors (Lipinski definition) is 2. The second kappa shape index (κ2) is 9.05. The summed E-state index contributed by atoms with van der Waals surface area (Å²) in [5, 5.41) is 20.7. The highest BCUT2D eigenvalue weighted by Gasteiger charge is 2.22. The number of hydrogen-bond acceptors (Lipinski definition) is 5. The summed E-state index contributed by atoms with van der Waals surface area (Å²) in [7, 11) is 0. The summed E-state index contributed by atoms with van der Waals surface area (Å²) in [6.07, 6.45) is 9.27. The maximum absolute atomic E-state index is 13.2. The summed E-state index contributed by atoms with van der Waals surface area (Å²) in [4.78, 5) is 28.7. The lowest BCUT2D eigenvalue weighted by Crippen LogP contribution is -2.15. The molecule has 0 radical (unpaired) electrons. The Morgan fingerprint density at radius 2 is 1.79 bits per heavy atom. The lowest BCUT2D eigenvalue weighted by atomic mass is 9.89. The molecule has 0 bridgehead atoms. The molecule has 2 aromatic carbocycles. The van der Waals surface area contributed by atoms with Crippen LogP contribution in [0.2, 0.25) is 0 Å². The van der Waals surface area contributed by atoms with Gasteiger partial charge in [0.1, 0.15) is 5.82 Å². The SMILES string of the molecule is Cc1c(C(=O)Nc2cnc3nnc(C4CCCCC4)n3c2)cccc1-c1ccc(C(=O)O)cc1. The number of carbonyl (C=O) groups excluding carboxylic acids is 1. The van der Waals surface area contributed by atoms with Crippen LogP contribution in [0.3, 0.4) is 0 Å². The van der Waals surface area contributed by atoms with E-state index >= 15 is 0 Å². The number of benzene rings is 2. The Labute approximate surface area is 196 Å². The van der Waals surface area contributed by atoms with Crippen molar-refractivity contribution in [3.8, 4) is 11.1 Å². The van der Waals surface area contributed by atoms with Gasteiger partial charge in [-0.3, -0.25) is 9.20 Å². The van der Waals surface area contributed by atoms with E-state index in [4.69, 9.17) is 5.11 Å². The molecule has 1 fully saturated rings. The Balaban J connectivity index is 1.41. The van der Waals surface area contributed by atoms with Crippen LogP contribution in [0.25, 0.3) is 16.9 Å². The van der Waals surface area contributed by atoms with Crippen LogP contribution in [0.4, 0.5) is 5.69 Å². The maximum atomic E-state index is 13.2. The molecule has 2 aromatic heterocycles. The van der Waals surface area contributed by atoms with E-state index in [0.717, 1.165) is 35.4 Å². The van der Waals surface area contributed by atoms with Crippen molar-refractivity contribution < 1.29 is 14.7 Å². The standard InChI is InChI=1S/C26H25N5O3/c1-16-21(17-10-12-19(13-11-17)25(33)34)8-5-9-22(16)24(32)28-20-14-27-26-30-29-23(31(26)15-20)18-6-3-2-4-7-18/h5,8-15,18H,2-4,6-7H2,1H3,(H,28,32)(H,33,34). The Morgan fingerprint density at radius 3 is 2.53 bits per heavy atom. The molecule has 0 spiro atoms. The number of fused-ring (bicyclic) bond motifs is 1. The number of nitrogens with zero attached hydrogens (tertiary/aromatic N) is 4. The van der Waals surface area contributed by atoms with Crippen molar-refractivity contribution in [3.63, 3.8) is 0 Å². The van der Waals surface area contributed by atoms with Crippen molar-refractivity contribution in [1.82, 2.24) is 19.6 Å². The molecule has 1 amide bonds. The van der Waals surface area contributed by atoms with Gasteiger partial charge in [0.05, 0.1) is 17.4 Å². The Morgan fingerprint density at radius 1 is 1.03 bits per heavy atom. The molecule has 1 saturated carbocycles. The van der Waals surface area contributed by atoms with Crippen molar-refractivity contribution in [2.24, 2.45) is 0 Å². The minimum absolute atomic E-state index is 0.222. The van der Waals surface area contributed by atoms with Crippen LogP contribution in [0, 0.1) is 6.92 Å². The summed E-state index contributed by atoms with van der Waals surface area (Å²) in [6.45, 7) is 1.89. The first-order valence-corrected chi connectivity index (χ1v) is 11.5. The quantitative estimate of drug-likeness (QED) is 0.433. The number of aromatic nitrogens is 4. The first-order valence-electron chi connectivity index (χ1n) is 11.5. The van der Waals surface area contributed by atoms with Crippen LogP contribution in [-0.2, 0) is 0 Å². The van der Waals surface area contributed by atoms with Crippen molar-refractivity contribution in [2.75, 3.05) is 5.32 Å². The topological polar surface area (TPSA) is 109 Å². The van der Waals surface area contributed by atoms with E-state index in [2.05, 4.69) is 20.5 Å². The summed E-state index contributed by atoms with van der Waals surface area (Å²) < 4.78 is 1.89. The van der Waals surface area contributed by atoms with E-state index in [0.29, 0.717) is 22.9 Å². The molecule has 1 aliphatic carbocycles. The highest BCUT2D eigenvalue weighted by molar-refractivity contribution is 6.06. The number of amides is 1. The molecule has 0 aliphatic heterocycles. The van der Waals surface area contributed by atoms with Crippen LogP contribution < -0.4 is 5.32 Å². The van der Waals surface area contributed by atoms with Gasteiger partial charge in [-0.25, -0.2) is 9.78 Å². The molecule has 5 rings (SSSR count). The normalized spacial score (nSPS) is 14.3. The lowest BCUT2D eigenvalue weighted by Gasteiger charge is -2.19. The van der Waals surface area contributed by atoms with Gasteiger partial charge in [-0.05, 0) is 54.7 Å². The van der Waals surface area contributed by atoms with Crippen LogP contribution in [0.1, 0.15) is 70.1 Å². The van der Waals surface area contributed by atoms with E-state index < -0.39 is 5.97 Å². The fourth-order valence-corrected chi connectivity index (χ4v) is 4.70. The van der Waals surface area contributed by atoms with Gasteiger partial charge < -0.3 is 10.4 Å². The molecule has 0 unspecified atom stereocenters. The van der Waals surface area contributed by atoms with Crippen LogP contribution in [-0.4, -0.2) is 36.6 Å². The fourth-order valence-electron chi connectivity index (χ4n) is 4.70. The highest BCUT2D eigenvalue weighted by atomic mass is 16.4. The molecule has 0 saturated heterocycles. The average molecular weight is 456 g/mol. The molecular formula is C26H25N5O3. The first-order chi connectivity index (χ1) is 16.5. The summed E-state index contributed by atoms with van der Waals surface area (Å²) in [5.74, 6) is 0.586. The molecule has 2 heterocycles. The Bertz CT molecular complexity index is 1370. The zero-order valence-electron chi connectivity index (χ0n) is 18.9. The van der Waals surface area contributed by atoms with E-state index in [1.54, 1.807) is 36.5 Å². The number of carbonyl (C=O) groups is 2. The summed E-state index contributed by atoms with van der Waals surface area (Å²) >= 11 is 0. The van der Waals surface area contributed by atoms with Gasteiger partial charge in [0.15, 0.2) is 0 Å².